The minimum atomic E-state index is -3.42. The number of fused-ring (bicyclic) bond motifs is 2. The van der Waals surface area contributed by atoms with Crippen molar-refractivity contribution in [2.45, 2.75) is 19.6 Å². The lowest BCUT2D eigenvalue weighted by Crippen LogP contribution is -2.03. The number of rotatable bonds is 2. The molecule has 2 aromatic carbocycles. The van der Waals surface area contributed by atoms with E-state index >= 15 is 0 Å². The van der Waals surface area contributed by atoms with Crippen molar-refractivity contribution in [2.24, 2.45) is 0 Å². The summed E-state index contributed by atoms with van der Waals surface area (Å²) in [6.07, 6.45) is 2.17. The maximum absolute atomic E-state index is 12.8. The van der Waals surface area contributed by atoms with E-state index in [9.17, 15) is 26.4 Å². The first kappa shape index (κ1) is 19.4. The molecule has 0 aliphatic carbocycles. The van der Waals surface area contributed by atoms with Crippen molar-refractivity contribution in [3.63, 3.8) is 0 Å². The standard InChI is InChI=1S/C18H12O6S4/c1-27(21,22)9-3-5-11-13(7-9)25-17(15(11)19)18-16(20)12-6-4-10(28(2,23)24)8-14(12)26-18/h3-8H,1-2H3/b18-17+. The third kappa shape index (κ3) is 3.14. The Kier molecular flexibility index (Phi) is 4.38. The molecule has 0 unspecified atom stereocenters. The summed E-state index contributed by atoms with van der Waals surface area (Å²) in [7, 11) is -6.84. The van der Waals surface area contributed by atoms with E-state index in [0.29, 0.717) is 20.9 Å². The lowest BCUT2D eigenvalue weighted by molar-refractivity contribution is 0.101. The van der Waals surface area contributed by atoms with Crippen LogP contribution in [-0.2, 0) is 19.7 Å². The second-order valence-electron chi connectivity index (χ2n) is 6.38. The molecule has 10 heteroatoms. The molecule has 0 saturated carbocycles. The van der Waals surface area contributed by atoms with Crippen LogP contribution < -0.4 is 0 Å². The van der Waals surface area contributed by atoms with E-state index in [1.165, 1.54) is 36.4 Å². The van der Waals surface area contributed by atoms with Crippen LogP contribution in [0.1, 0.15) is 20.7 Å². The zero-order valence-electron chi connectivity index (χ0n) is 14.5. The van der Waals surface area contributed by atoms with E-state index in [1.807, 2.05) is 0 Å². The van der Waals surface area contributed by atoms with Crippen LogP contribution in [0.4, 0.5) is 0 Å². The van der Waals surface area contributed by atoms with Gasteiger partial charge in [-0.2, -0.15) is 0 Å². The number of Topliss-reactive ketones (excluding diaryl/α,β-unsaturated/α-hetero) is 2. The average Bonchev–Trinajstić information content (AvgIpc) is 3.10. The van der Waals surface area contributed by atoms with Gasteiger partial charge in [0.15, 0.2) is 19.7 Å². The van der Waals surface area contributed by atoms with Crippen molar-refractivity contribution in [3.05, 3.63) is 57.3 Å². The first-order valence-corrected chi connectivity index (χ1v) is 13.3. The van der Waals surface area contributed by atoms with Gasteiger partial charge in [0.25, 0.3) is 0 Å². The molecule has 0 aromatic heterocycles. The van der Waals surface area contributed by atoms with Crippen LogP contribution in [0, 0.1) is 0 Å². The Morgan fingerprint density at radius 3 is 1.32 bits per heavy atom. The molecule has 2 aliphatic rings. The number of hydrogen-bond acceptors (Lipinski definition) is 8. The fourth-order valence-electron chi connectivity index (χ4n) is 2.87. The van der Waals surface area contributed by atoms with E-state index < -0.39 is 19.7 Å². The fourth-order valence-corrected chi connectivity index (χ4v) is 6.69. The van der Waals surface area contributed by atoms with Crippen molar-refractivity contribution in [2.75, 3.05) is 12.5 Å². The largest absolute Gasteiger partial charge is 0.288 e. The summed E-state index contributed by atoms with van der Waals surface area (Å²) >= 11 is 2.12. The smallest absolute Gasteiger partial charge is 0.202 e. The van der Waals surface area contributed by atoms with Gasteiger partial charge < -0.3 is 0 Å². The molecule has 144 valence electrons. The quantitative estimate of drug-likeness (QED) is 0.641. The van der Waals surface area contributed by atoms with Crippen LogP contribution >= 0.6 is 23.5 Å². The summed E-state index contributed by atoms with van der Waals surface area (Å²) in [5.74, 6) is -0.681. The fraction of sp³-hybridized carbons (Fsp3) is 0.111. The average molecular weight is 453 g/mol. The van der Waals surface area contributed by atoms with Crippen LogP contribution in [0.5, 0.6) is 0 Å². The summed E-state index contributed by atoms with van der Waals surface area (Å²) < 4.78 is 47.0. The highest BCUT2D eigenvalue weighted by atomic mass is 32.2. The van der Waals surface area contributed by atoms with Crippen molar-refractivity contribution in [1.29, 1.82) is 0 Å². The highest BCUT2D eigenvalue weighted by Crippen LogP contribution is 2.50. The van der Waals surface area contributed by atoms with Gasteiger partial charge in [-0.1, -0.05) is 23.5 Å². The maximum atomic E-state index is 12.8. The molecule has 6 nitrogen and oxygen atoms in total. The lowest BCUT2D eigenvalue weighted by atomic mass is 10.1. The van der Waals surface area contributed by atoms with Crippen LogP contribution in [0.3, 0.4) is 0 Å². The van der Waals surface area contributed by atoms with Gasteiger partial charge in [0.2, 0.25) is 11.6 Å². The number of thioether (sulfide) groups is 2. The Labute approximate surface area is 170 Å². The number of ketones is 2. The van der Waals surface area contributed by atoms with Crippen molar-refractivity contribution >= 4 is 54.8 Å². The van der Waals surface area contributed by atoms with Gasteiger partial charge in [-0.05, 0) is 36.4 Å². The Morgan fingerprint density at radius 2 is 1.00 bits per heavy atom. The molecule has 2 aliphatic heterocycles. The second-order valence-corrected chi connectivity index (χ2v) is 12.5. The zero-order valence-corrected chi connectivity index (χ0v) is 17.8. The summed E-state index contributed by atoms with van der Waals surface area (Å²) in [5.41, 5.74) is 0.696. The van der Waals surface area contributed by atoms with Crippen molar-refractivity contribution in [1.82, 2.24) is 0 Å². The third-order valence-electron chi connectivity index (χ3n) is 4.29. The number of sulfone groups is 2. The summed E-state index contributed by atoms with van der Waals surface area (Å²) in [4.78, 5) is 27.2. The molecule has 28 heavy (non-hydrogen) atoms. The number of benzene rings is 2. The Hall–Kier alpha value is -1.88. The first-order valence-electron chi connectivity index (χ1n) is 7.84. The molecular weight excluding hydrogens is 440 g/mol. The highest BCUT2D eigenvalue weighted by Gasteiger charge is 2.36. The molecular formula is C18H12O6S4. The summed E-state index contributed by atoms with van der Waals surface area (Å²) in [6.45, 7) is 0. The van der Waals surface area contributed by atoms with Gasteiger partial charge in [-0.3, -0.25) is 9.59 Å². The van der Waals surface area contributed by atoms with Gasteiger partial charge in [-0.25, -0.2) is 16.8 Å². The Morgan fingerprint density at radius 1 is 0.643 bits per heavy atom. The molecule has 0 atom stereocenters. The normalized spacial score (nSPS) is 19.1. The molecule has 0 radical (unpaired) electrons. The number of allylic oxidation sites excluding steroid dienone is 2. The van der Waals surface area contributed by atoms with Gasteiger partial charge in [0, 0.05) is 33.4 Å². The molecule has 0 amide bonds. The molecule has 0 saturated heterocycles. The van der Waals surface area contributed by atoms with Crippen LogP contribution in [0.2, 0.25) is 0 Å². The monoisotopic (exact) mass is 452 g/mol. The van der Waals surface area contributed by atoms with Gasteiger partial charge in [0.05, 0.1) is 19.6 Å². The number of hydrogen-bond donors (Lipinski definition) is 0. The third-order valence-corrected chi connectivity index (χ3v) is 8.95. The minimum absolute atomic E-state index is 0.101. The summed E-state index contributed by atoms with van der Waals surface area (Å²) in [5, 5.41) is 0. The Balaban J connectivity index is 1.78. The Bertz CT molecular complexity index is 1230. The lowest BCUT2D eigenvalue weighted by Gasteiger charge is -2.00. The van der Waals surface area contributed by atoms with E-state index in [4.69, 9.17) is 0 Å². The van der Waals surface area contributed by atoms with Crippen LogP contribution in [-0.4, -0.2) is 40.9 Å². The molecule has 0 fully saturated rings. The first-order chi connectivity index (χ1) is 13.0. The molecule has 0 bridgehead atoms. The molecule has 4 rings (SSSR count). The van der Waals surface area contributed by atoms with Crippen LogP contribution in [0.15, 0.2) is 65.8 Å². The predicted octanol–water partition coefficient (Wildman–Crippen LogP) is 2.98. The molecule has 0 spiro atoms. The van der Waals surface area contributed by atoms with Gasteiger partial charge >= 0.3 is 0 Å². The highest BCUT2D eigenvalue weighted by molar-refractivity contribution is 8.08. The number of carbonyl (C=O) groups is 2. The molecule has 2 aromatic rings. The van der Waals surface area contributed by atoms with E-state index in [-0.39, 0.29) is 31.2 Å². The van der Waals surface area contributed by atoms with E-state index in [1.54, 1.807) is 0 Å². The van der Waals surface area contributed by atoms with Gasteiger partial charge in [0.1, 0.15) is 0 Å². The van der Waals surface area contributed by atoms with Gasteiger partial charge in [-0.15, -0.1) is 0 Å². The molecule has 0 N–H and O–H groups in total. The zero-order chi connectivity index (χ0) is 20.4. The molecule has 2 heterocycles. The van der Waals surface area contributed by atoms with E-state index in [0.717, 1.165) is 36.0 Å². The van der Waals surface area contributed by atoms with Crippen molar-refractivity contribution in [3.8, 4) is 0 Å². The topological polar surface area (TPSA) is 102 Å². The van der Waals surface area contributed by atoms with E-state index in [2.05, 4.69) is 0 Å². The van der Waals surface area contributed by atoms with Crippen LogP contribution in [0.25, 0.3) is 0 Å². The maximum Gasteiger partial charge on any atom is 0.202 e. The second kappa shape index (κ2) is 6.31. The SMILES string of the molecule is CS(=O)(=O)c1ccc2c(c1)S/C(=C1/Sc3cc(S(C)(=O)=O)ccc3C1=O)C2=O. The summed E-state index contributed by atoms with van der Waals surface area (Å²) in [6, 6.07) is 8.51. The van der Waals surface area contributed by atoms with Crippen molar-refractivity contribution < 1.29 is 26.4 Å². The predicted molar refractivity (Wildman–Crippen MR) is 107 cm³/mol. The minimum Gasteiger partial charge on any atom is -0.288 e. The number of carbonyl (C=O) groups excluding carboxylic acids is 2.